The first-order valence-electron chi connectivity index (χ1n) is 9.36. The maximum Gasteiger partial charge on any atom is 0.312 e. The van der Waals surface area contributed by atoms with Crippen molar-refractivity contribution >= 4 is 40.3 Å². The fraction of sp³-hybridized carbons (Fsp3) is 0.579. The van der Waals surface area contributed by atoms with Gasteiger partial charge < -0.3 is 15.2 Å². The first kappa shape index (κ1) is 17.1. The number of benzene rings is 1. The molecule has 2 N–H and O–H groups in total. The topological polar surface area (TPSA) is 101 Å². The summed E-state index contributed by atoms with van der Waals surface area (Å²) in [5.41, 5.74) is 0.574. The van der Waals surface area contributed by atoms with E-state index in [0.717, 1.165) is 49.3 Å². The third-order valence-corrected chi connectivity index (χ3v) is 6.90. The quantitative estimate of drug-likeness (QED) is 0.782. The maximum absolute atomic E-state index is 12.8. The smallest absolute Gasteiger partial charge is 0.312 e. The van der Waals surface area contributed by atoms with Gasteiger partial charge in [0.2, 0.25) is 0 Å². The number of aromatic nitrogens is 2. The lowest BCUT2D eigenvalue weighted by molar-refractivity contribution is -0.196. The molecule has 2 aromatic rings. The number of fused-ring (bicyclic) bond motifs is 1. The minimum atomic E-state index is -0.724. The zero-order valence-electron chi connectivity index (χ0n) is 14.8. The fourth-order valence-corrected chi connectivity index (χ4v) is 6.38. The van der Waals surface area contributed by atoms with Crippen molar-refractivity contribution in [2.24, 2.45) is 17.3 Å². The average Bonchev–Trinajstić information content (AvgIpc) is 3.07. The van der Waals surface area contributed by atoms with Crippen molar-refractivity contribution in [1.29, 1.82) is 0 Å². The standard InChI is InChI=1S/C19H21N3O4S/c23-15(20-13-2-1-3-14-16(13)22-27-21-14)9-26-17(24)18-5-11-4-12(6-18)8-19(25,7-11)10-18/h1-3,11-12,25H,4-10H2,(H,20,23)/t11-,12+,18?,19?. The number of nitrogens with one attached hydrogen (secondary N) is 1. The molecule has 4 fully saturated rings. The number of nitrogens with zero attached hydrogens (tertiary/aromatic N) is 2. The van der Waals surface area contributed by atoms with Gasteiger partial charge in [0.1, 0.15) is 11.0 Å². The van der Waals surface area contributed by atoms with Gasteiger partial charge in [-0.05, 0) is 62.5 Å². The number of anilines is 1. The summed E-state index contributed by atoms with van der Waals surface area (Å²) in [6.45, 7) is -0.331. The number of aliphatic hydroxyl groups is 1. The number of esters is 1. The van der Waals surface area contributed by atoms with Crippen LogP contribution in [0, 0.1) is 17.3 Å². The third-order valence-electron chi connectivity index (χ3n) is 6.36. The van der Waals surface area contributed by atoms with E-state index in [-0.39, 0.29) is 12.6 Å². The van der Waals surface area contributed by atoms with Crippen LogP contribution < -0.4 is 5.32 Å². The molecular formula is C19H21N3O4S. The molecule has 1 aromatic heterocycles. The lowest BCUT2D eigenvalue weighted by Gasteiger charge is -2.58. The van der Waals surface area contributed by atoms with Crippen molar-refractivity contribution in [1.82, 2.24) is 8.75 Å². The monoisotopic (exact) mass is 387 g/mol. The van der Waals surface area contributed by atoms with Gasteiger partial charge in [0.15, 0.2) is 6.61 Å². The molecule has 4 aliphatic carbocycles. The van der Waals surface area contributed by atoms with Crippen LogP contribution in [-0.2, 0) is 14.3 Å². The number of carbonyl (C=O) groups excluding carboxylic acids is 2. The summed E-state index contributed by atoms with van der Waals surface area (Å²) >= 11 is 1.08. The van der Waals surface area contributed by atoms with Crippen LogP contribution in [0.4, 0.5) is 5.69 Å². The van der Waals surface area contributed by atoms with Crippen molar-refractivity contribution < 1.29 is 19.4 Å². The summed E-state index contributed by atoms with van der Waals surface area (Å²) in [6.07, 6.45) is 4.71. The van der Waals surface area contributed by atoms with Crippen LogP contribution in [0.2, 0.25) is 0 Å². The Hall–Kier alpha value is -2.06. The van der Waals surface area contributed by atoms with E-state index in [1.807, 2.05) is 6.07 Å². The maximum atomic E-state index is 12.8. The van der Waals surface area contributed by atoms with Crippen LogP contribution in [0.1, 0.15) is 38.5 Å². The van der Waals surface area contributed by atoms with E-state index in [9.17, 15) is 14.7 Å². The number of rotatable bonds is 4. The highest BCUT2D eigenvalue weighted by molar-refractivity contribution is 7.00. The van der Waals surface area contributed by atoms with Crippen molar-refractivity contribution in [3.8, 4) is 0 Å². The Morgan fingerprint density at radius 3 is 2.74 bits per heavy atom. The Morgan fingerprint density at radius 1 is 1.22 bits per heavy atom. The molecule has 27 heavy (non-hydrogen) atoms. The molecule has 1 aromatic carbocycles. The van der Waals surface area contributed by atoms with E-state index >= 15 is 0 Å². The molecule has 1 amide bonds. The van der Waals surface area contributed by atoms with E-state index < -0.39 is 16.9 Å². The van der Waals surface area contributed by atoms with E-state index in [2.05, 4.69) is 14.1 Å². The minimum Gasteiger partial charge on any atom is -0.455 e. The van der Waals surface area contributed by atoms with Gasteiger partial charge in [-0.3, -0.25) is 9.59 Å². The molecule has 4 aliphatic rings. The van der Waals surface area contributed by atoms with Crippen molar-refractivity contribution in [3.63, 3.8) is 0 Å². The normalized spacial score (nSPS) is 34.0. The van der Waals surface area contributed by atoms with Crippen LogP contribution in [0.25, 0.3) is 11.0 Å². The molecule has 0 aliphatic heterocycles. The van der Waals surface area contributed by atoms with Crippen LogP contribution in [-0.4, -0.2) is 37.9 Å². The van der Waals surface area contributed by atoms with E-state index in [1.54, 1.807) is 12.1 Å². The second kappa shape index (κ2) is 5.97. The molecule has 142 valence electrons. The number of hydrogen-bond acceptors (Lipinski definition) is 7. The van der Waals surface area contributed by atoms with Crippen molar-refractivity contribution in [2.75, 3.05) is 11.9 Å². The van der Waals surface area contributed by atoms with Gasteiger partial charge in [0.25, 0.3) is 5.91 Å². The summed E-state index contributed by atoms with van der Waals surface area (Å²) in [4.78, 5) is 25.1. The molecule has 0 spiro atoms. The average molecular weight is 387 g/mol. The Labute approximate surface area is 160 Å². The molecule has 1 heterocycles. The zero-order chi connectivity index (χ0) is 18.6. The van der Waals surface area contributed by atoms with Gasteiger partial charge in [0, 0.05) is 0 Å². The van der Waals surface area contributed by atoms with E-state index in [0.29, 0.717) is 29.5 Å². The predicted molar refractivity (Wildman–Crippen MR) is 99.1 cm³/mol. The van der Waals surface area contributed by atoms with Gasteiger partial charge in [0.05, 0.1) is 28.4 Å². The Balaban J connectivity index is 1.24. The molecule has 8 heteroatoms. The highest BCUT2D eigenvalue weighted by Gasteiger charge is 2.60. The van der Waals surface area contributed by atoms with Gasteiger partial charge >= 0.3 is 5.97 Å². The summed E-state index contributed by atoms with van der Waals surface area (Å²) in [7, 11) is 0. The second-order valence-electron chi connectivity index (χ2n) is 8.53. The van der Waals surface area contributed by atoms with E-state index in [4.69, 9.17) is 4.74 Å². The van der Waals surface area contributed by atoms with E-state index in [1.165, 1.54) is 0 Å². The first-order chi connectivity index (χ1) is 12.9. The highest BCUT2D eigenvalue weighted by Crippen LogP contribution is 2.61. The van der Waals surface area contributed by atoms with Crippen LogP contribution in [0.3, 0.4) is 0 Å². The van der Waals surface area contributed by atoms with Crippen LogP contribution in [0.15, 0.2) is 18.2 Å². The first-order valence-corrected chi connectivity index (χ1v) is 10.1. The van der Waals surface area contributed by atoms with Crippen LogP contribution >= 0.6 is 11.7 Å². The summed E-state index contributed by atoms with van der Waals surface area (Å²) in [5.74, 6) is 0.0609. The summed E-state index contributed by atoms with van der Waals surface area (Å²) in [6, 6.07) is 5.37. The van der Waals surface area contributed by atoms with Crippen LogP contribution in [0.5, 0.6) is 0 Å². The second-order valence-corrected chi connectivity index (χ2v) is 9.06. The van der Waals surface area contributed by atoms with Gasteiger partial charge in [-0.25, -0.2) is 0 Å². The molecule has 4 bridgehead atoms. The van der Waals surface area contributed by atoms with Crippen molar-refractivity contribution in [2.45, 2.75) is 44.1 Å². The predicted octanol–water partition coefficient (Wildman–Crippen LogP) is 2.50. The summed E-state index contributed by atoms with van der Waals surface area (Å²) < 4.78 is 13.7. The number of ether oxygens (including phenoxy) is 1. The fourth-order valence-electron chi connectivity index (χ4n) is 5.83. The largest absolute Gasteiger partial charge is 0.455 e. The molecule has 4 saturated carbocycles. The highest BCUT2D eigenvalue weighted by atomic mass is 32.1. The molecule has 0 saturated heterocycles. The molecular weight excluding hydrogens is 366 g/mol. The number of amides is 1. The lowest BCUT2D eigenvalue weighted by atomic mass is 9.48. The number of carbonyl (C=O) groups is 2. The molecule has 0 radical (unpaired) electrons. The van der Waals surface area contributed by atoms with Gasteiger partial charge in [-0.15, -0.1) is 0 Å². The van der Waals surface area contributed by atoms with Crippen molar-refractivity contribution in [3.05, 3.63) is 18.2 Å². The zero-order valence-corrected chi connectivity index (χ0v) is 15.6. The summed E-state index contributed by atoms with van der Waals surface area (Å²) in [5, 5.41) is 13.5. The minimum absolute atomic E-state index is 0.331. The lowest BCUT2D eigenvalue weighted by Crippen LogP contribution is -2.58. The van der Waals surface area contributed by atoms with Gasteiger partial charge in [-0.1, -0.05) is 6.07 Å². The Bertz CT molecular complexity index is 913. The molecule has 7 nitrogen and oxygen atoms in total. The Morgan fingerprint density at radius 2 is 2.00 bits per heavy atom. The third kappa shape index (κ3) is 2.91. The molecule has 2 unspecified atom stereocenters. The molecule has 4 atom stereocenters. The van der Waals surface area contributed by atoms with Gasteiger partial charge in [-0.2, -0.15) is 8.75 Å². The Kier molecular flexibility index (Phi) is 3.77. The SMILES string of the molecule is O=C(COC(=O)C12C[C@@H]3C[C@@H](CC(O)(C3)C1)C2)Nc1cccc2nsnc12. The molecule has 6 rings (SSSR count). The number of hydrogen-bond donors (Lipinski definition) is 2.